The predicted molar refractivity (Wildman–Crippen MR) is 84.0 cm³/mol. The van der Waals surface area contributed by atoms with Crippen LogP contribution >= 0.6 is 0 Å². The Morgan fingerprint density at radius 2 is 2.12 bits per heavy atom. The van der Waals surface area contributed by atoms with Crippen molar-refractivity contribution in [2.24, 2.45) is 0 Å². The number of ether oxygens (including phenoxy) is 1. The van der Waals surface area contributed by atoms with E-state index in [-0.39, 0.29) is 18.3 Å². The molecule has 1 aliphatic heterocycles. The van der Waals surface area contributed by atoms with Gasteiger partial charge in [0.2, 0.25) is 5.82 Å². The molecule has 0 unspecified atom stereocenters. The minimum atomic E-state index is -1.12. The molecule has 24 heavy (non-hydrogen) atoms. The van der Waals surface area contributed by atoms with Gasteiger partial charge in [0.05, 0.1) is 6.54 Å². The number of benzene rings is 1. The smallest absolute Gasteiger partial charge is 0.291 e. The summed E-state index contributed by atoms with van der Waals surface area (Å²) in [5, 5.41) is 10.5. The highest BCUT2D eigenvalue weighted by Crippen LogP contribution is 2.27. The Bertz CT molecular complexity index is 724. The molecule has 0 saturated carbocycles. The lowest BCUT2D eigenvalue weighted by Crippen LogP contribution is -2.57. The maximum Gasteiger partial charge on any atom is 0.291 e. The molecule has 2 heterocycles. The third-order valence-corrected chi connectivity index (χ3v) is 4.09. The SMILES string of the molecule is C[C@@]1(O)CCN(C(=O)c2ncccn2)C[C@H]1Oc1cccc(F)c1. The van der Waals surface area contributed by atoms with E-state index in [1.165, 1.54) is 35.5 Å². The quantitative estimate of drug-likeness (QED) is 0.926. The van der Waals surface area contributed by atoms with Crippen molar-refractivity contribution in [3.8, 4) is 5.75 Å². The van der Waals surface area contributed by atoms with Crippen LogP contribution in [-0.4, -0.2) is 50.7 Å². The fraction of sp³-hybridized carbons (Fsp3) is 0.353. The van der Waals surface area contributed by atoms with Crippen molar-refractivity contribution in [3.05, 3.63) is 54.4 Å². The topological polar surface area (TPSA) is 75.5 Å². The number of hydrogen-bond acceptors (Lipinski definition) is 5. The summed E-state index contributed by atoms with van der Waals surface area (Å²) in [7, 11) is 0. The van der Waals surface area contributed by atoms with Crippen LogP contribution in [0.4, 0.5) is 4.39 Å². The first-order valence-corrected chi connectivity index (χ1v) is 7.66. The van der Waals surface area contributed by atoms with Crippen LogP contribution in [0, 0.1) is 5.82 Å². The van der Waals surface area contributed by atoms with Crippen molar-refractivity contribution >= 4 is 5.91 Å². The summed E-state index contributed by atoms with van der Waals surface area (Å²) in [6.07, 6.45) is 2.66. The summed E-state index contributed by atoms with van der Waals surface area (Å²) in [5.74, 6) is -0.332. The Morgan fingerprint density at radius 3 is 2.83 bits per heavy atom. The van der Waals surface area contributed by atoms with Crippen molar-refractivity contribution in [2.75, 3.05) is 13.1 Å². The monoisotopic (exact) mass is 331 g/mol. The lowest BCUT2D eigenvalue weighted by atomic mass is 9.90. The zero-order valence-electron chi connectivity index (χ0n) is 13.2. The zero-order valence-corrected chi connectivity index (χ0v) is 13.2. The number of piperidine rings is 1. The Morgan fingerprint density at radius 1 is 1.38 bits per heavy atom. The van der Waals surface area contributed by atoms with Crippen LogP contribution in [-0.2, 0) is 0 Å². The van der Waals surface area contributed by atoms with E-state index in [4.69, 9.17) is 4.74 Å². The van der Waals surface area contributed by atoms with E-state index in [2.05, 4.69) is 9.97 Å². The molecule has 1 amide bonds. The summed E-state index contributed by atoms with van der Waals surface area (Å²) in [4.78, 5) is 21.9. The van der Waals surface area contributed by atoms with Crippen molar-refractivity contribution in [2.45, 2.75) is 25.0 Å². The number of hydrogen-bond donors (Lipinski definition) is 1. The number of halogens is 1. The summed E-state index contributed by atoms with van der Waals surface area (Å²) >= 11 is 0. The summed E-state index contributed by atoms with van der Waals surface area (Å²) < 4.78 is 19.1. The van der Waals surface area contributed by atoms with Crippen molar-refractivity contribution in [3.63, 3.8) is 0 Å². The number of rotatable bonds is 3. The number of amides is 1. The Hall–Kier alpha value is -2.54. The van der Waals surface area contributed by atoms with E-state index in [9.17, 15) is 14.3 Å². The molecule has 0 aliphatic carbocycles. The fourth-order valence-corrected chi connectivity index (χ4v) is 2.61. The number of aliphatic hydroxyl groups is 1. The molecule has 0 radical (unpaired) electrons. The van der Waals surface area contributed by atoms with Gasteiger partial charge in [0.15, 0.2) is 0 Å². The molecular formula is C17H18FN3O3. The van der Waals surface area contributed by atoms with Gasteiger partial charge in [-0.25, -0.2) is 14.4 Å². The van der Waals surface area contributed by atoms with Crippen LogP contribution in [0.2, 0.25) is 0 Å². The molecule has 1 fully saturated rings. The van der Waals surface area contributed by atoms with Gasteiger partial charge < -0.3 is 14.7 Å². The Labute approximate surface area is 138 Å². The largest absolute Gasteiger partial charge is 0.485 e. The van der Waals surface area contributed by atoms with Crippen molar-refractivity contribution in [1.82, 2.24) is 14.9 Å². The number of likely N-dealkylation sites (tertiary alicyclic amines) is 1. The summed E-state index contributed by atoms with van der Waals surface area (Å²) in [6.45, 7) is 2.19. The first-order chi connectivity index (χ1) is 11.5. The van der Waals surface area contributed by atoms with Gasteiger partial charge in [-0.15, -0.1) is 0 Å². The molecule has 1 aromatic carbocycles. The highest BCUT2D eigenvalue weighted by Gasteiger charge is 2.41. The van der Waals surface area contributed by atoms with E-state index >= 15 is 0 Å². The van der Waals surface area contributed by atoms with Gasteiger partial charge in [0, 0.05) is 25.0 Å². The van der Waals surface area contributed by atoms with E-state index in [1.807, 2.05) is 0 Å². The molecule has 0 bridgehead atoms. The van der Waals surface area contributed by atoms with Gasteiger partial charge in [0.25, 0.3) is 5.91 Å². The molecule has 0 spiro atoms. The second-order valence-corrected chi connectivity index (χ2v) is 5.99. The molecule has 1 aromatic heterocycles. The van der Waals surface area contributed by atoms with Crippen LogP contribution in [0.5, 0.6) is 5.75 Å². The van der Waals surface area contributed by atoms with Gasteiger partial charge in [-0.3, -0.25) is 4.79 Å². The molecule has 2 atom stereocenters. The average molecular weight is 331 g/mol. The first-order valence-electron chi connectivity index (χ1n) is 7.66. The van der Waals surface area contributed by atoms with Crippen LogP contribution in [0.3, 0.4) is 0 Å². The lowest BCUT2D eigenvalue weighted by molar-refractivity contribution is -0.0883. The third kappa shape index (κ3) is 3.51. The summed E-state index contributed by atoms with van der Waals surface area (Å²) in [6, 6.07) is 7.34. The minimum absolute atomic E-state index is 0.101. The fourth-order valence-electron chi connectivity index (χ4n) is 2.61. The first kappa shape index (κ1) is 16.3. The summed E-state index contributed by atoms with van der Waals surface area (Å²) in [5.41, 5.74) is -1.12. The van der Waals surface area contributed by atoms with Crippen molar-refractivity contribution in [1.29, 1.82) is 0 Å². The molecule has 3 rings (SSSR count). The predicted octanol–water partition coefficient (Wildman–Crippen LogP) is 1.66. The van der Waals surface area contributed by atoms with E-state index in [1.54, 1.807) is 19.1 Å². The number of carbonyl (C=O) groups is 1. The second kappa shape index (κ2) is 6.52. The van der Waals surface area contributed by atoms with Gasteiger partial charge >= 0.3 is 0 Å². The van der Waals surface area contributed by atoms with E-state index in [0.29, 0.717) is 18.7 Å². The zero-order chi connectivity index (χ0) is 17.2. The molecule has 126 valence electrons. The highest BCUT2D eigenvalue weighted by atomic mass is 19.1. The maximum atomic E-state index is 13.3. The van der Waals surface area contributed by atoms with E-state index in [0.717, 1.165) is 0 Å². The van der Waals surface area contributed by atoms with Gasteiger partial charge in [-0.2, -0.15) is 0 Å². The van der Waals surface area contributed by atoms with Crippen LogP contribution in [0.1, 0.15) is 24.0 Å². The van der Waals surface area contributed by atoms with Gasteiger partial charge in [-0.05, 0) is 31.5 Å². The van der Waals surface area contributed by atoms with Crippen LogP contribution in [0.25, 0.3) is 0 Å². The van der Waals surface area contributed by atoms with Gasteiger partial charge in [0.1, 0.15) is 23.3 Å². The molecule has 7 heteroatoms. The Balaban J connectivity index is 1.76. The van der Waals surface area contributed by atoms with Crippen LogP contribution in [0.15, 0.2) is 42.7 Å². The Kier molecular flexibility index (Phi) is 4.44. The molecular weight excluding hydrogens is 313 g/mol. The lowest BCUT2D eigenvalue weighted by Gasteiger charge is -2.42. The van der Waals surface area contributed by atoms with E-state index < -0.39 is 17.5 Å². The van der Waals surface area contributed by atoms with Crippen molar-refractivity contribution < 1.29 is 19.0 Å². The number of nitrogens with zero attached hydrogens (tertiary/aromatic N) is 3. The average Bonchev–Trinajstić information content (AvgIpc) is 2.57. The van der Waals surface area contributed by atoms with Crippen LogP contribution < -0.4 is 4.74 Å². The molecule has 1 saturated heterocycles. The minimum Gasteiger partial charge on any atom is -0.485 e. The second-order valence-electron chi connectivity index (χ2n) is 5.99. The molecule has 1 N–H and O–H groups in total. The van der Waals surface area contributed by atoms with Gasteiger partial charge in [-0.1, -0.05) is 6.07 Å². The third-order valence-electron chi connectivity index (χ3n) is 4.09. The maximum absolute atomic E-state index is 13.3. The highest BCUT2D eigenvalue weighted by molar-refractivity contribution is 5.90. The number of aromatic nitrogens is 2. The standard InChI is InChI=1S/C17H18FN3O3/c1-17(23)6-9-21(16(22)15-19-7-3-8-20-15)11-14(17)24-13-5-2-4-12(18)10-13/h2-5,7-8,10,14,23H,6,9,11H2,1H3/t14-,17-/m1/s1. The molecule has 1 aliphatic rings. The molecule has 2 aromatic rings. The molecule has 6 nitrogen and oxygen atoms in total. The normalized spacial score (nSPS) is 23.8. The number of carbonyl (C=O) groups excluding carboxylic acids is 1.